The van der Waals surface area contributed by atoms with Crippen LogP contribution in [-0.4, -0.2) is 61.3 Å². The molecule has 1 saturated heterocycles. The van der Waals surface area contributed by atoms with Crippen LogP contribution in [0.1, 0.15) is 25.0 Å². The highest BCUT2D eigenvalue weighted by atomic mass is 16.5. The van der Waals surface area contributed by atoms with Gasteiger partial charge in [-0.05, 0) is 19.3 Å². The van der Waals surface area contributed by atoms with Gasteiger partial charge in [0, 0.05) is 37.8 Å². The van der Waals surface area contributed by atoms with E-state index < -0.39 is 0 Å². The molecule has 1 amide bonds. The summed E-state index contributed by atoms with van der Waals surface area (Å²) in [6, 6.07) is 1.50. The SMILES string of the molecule is O=C(CCCn1cncn1)N1CCOC(CCc2cc(=O)[nH]cn2)C1. The van der Waals surface area contributed by atoms with Gasteiger partial charge in [-0.3, -0.25) is 14.3 Å². The molecule has 1 aliphatic rings. The van der Waals surface area contributed by atoms with Crippen LogP contribution in [-0.2, 0) is 22.5 Å². The Hall–Kier alpha value is -2.55. The summed E-state index contributed by atoms with van der Waals surface area (Å²) in [5.41, 5.74) is 0.586. The Labute approximate surface area is 145 Å². The van der Waals surface area contributed by atoms with Crippen molar-refractivity contribution in [3.8, 4) is 0 Å². The van der Waals surface area contributed by atoms with Crippen molar-refractivity contribution < 1.29 is 9.53 Å². The maximum Gasteiger partial charge on any atom is 0.250 e. The molecule has 0 bridgehead atoms. The van der Waals surface area contributed by atoms with Crippen molar-refractivity contribution in [3.05, 3.63) is 41.1 Å². The highest BCUT2D eigenvalue weighted by Crippen LogP contribution is 2.13. The van der Waals surface area contributed by atoms with E-state index in [0.717, 1.165) is 18.5 Å². The summed E-state index contributed by atoms with van der Waals surface area (Å²) in [6.07, 6.45) is 7.14. The third-order valence-corrected chi connectivity index (χ3v) is 4.19. The Kier molecular flexibility index (Phi) is 5.89. The van der Waals surface area contributed by atoms with Crippen molar-refractivity contribution in [1.82, 2.24) is 29.6 Å². The molecular weight excluding hydrogens is 324 g/mol. The molecule has 0 aromatic carbocycles. The summed E-state index contributed by atoms with van der Waals surface area (Å²) in [5, 5.41) is 4.03. The highest BCUT2D eigenvalue weighted by Gasteiger charge is 2.23. The monoisotopic (exact) mass is 346 g/mol. The first-order valence-corrected chi connectivity index (χ1v) is 8.46. The molecule has 1 fully saturated rings. The number of aromatic nitrogens is 5. The Bertz CT molecular complexity index is 729. The first-order chi connectivity index (χ1) is 12.2. The van der Waals surface area contributed by atoms with Crippen molar-refractivity contribution in [1.29, 1.82) is 0 Å². The Morgan fingerprint density at radius 2 is 2.36 bits per heavy atom. The molecule has 3 rings (SSSR count). The average Bonchev–Trinajstić information content (AvgIpc) is 3.14. The minimum Gasteiger partial charge on any atom is -0.375 e. The van der Waals surface area contributed by atoms with E-state index in [1.807, 2.05) is 4.90 Å². The number of H-pyrrole nitrogens is 1. The van der Waals surface area contributed by atoms with Crippen molar-refractivity contribution in [2.24, 2.45) is 0 Å². The van der Waals surface area contributed by atoms with Gasteiger partial charge in [-0.15, -0.1) is 0 Å². The number of morpholine rings is 1. The molecule has 0 aliphatic carbocycles. The zero-order valence-corrected chi connectivity index (χ0v) is 14.0. The molecule has 9 nitrogen and oxygen atoms in total. The van der Waals surface area contributed by atoms with E-state index in [9.17, 15) is 9.59 Å². The van der Waals surface area contributed by atoms with Gasteiger partial charge in [-0.2, -0.15) is 5.10 Å². The van der Waals surface area contributed by atoms with Crippen LogP contribution in [0.25, 0.3) is 0 Å². The van der Waals surface area contributed by atoms with E-state index in [4.69, 9.17) is 4.74 Å². The molecule has 1 aliphatic heterocycles. The van der Waals surface area contributed by atoms with Gasteiger partial charge < -0.3 is 14.6 Å². The average molecular weight is 346 g/mol. The lowest BCUT2D eigenvalue weighted by atomic mass is 10.1. The van der Waals surface area contributed by atoms with Crippen LogP contribution >= 0.6 is 0 Å². The molecule has 0 saturated carbocycles. The molecule has 1 N–H and O–H groups in total. The summed E-state index contributed by atoms with van der Waals surface area (Å²) >= 11 is 0. The fourth-order valence-electron chi connectivity index (χ4n) is 2.87. The lowest BCUT2D eigenvalue weighted by Gasteiger charge is -2.33. The van der Waals surface area contributed by atoms with Crippen LogP contribution in [0.5, 0.6) is 0 Å². The number of aryl methyl sites for hydroxylation is 2. The van der Waals surface area contributed by atoms with Gasteiger partial charge in [0.2, 0.25) is 5.91 Å². The van der Waals surface area contributed by atoms with E-state index >= 15 is 0 Å². The Morgan fingerprint density at radius 1 is 1.44 bits per heavy atom. The number of ether oxygens (including phenoxy) is 1. The zero-order chi connectivity index (χ0) is 17.5. The van der Waals surface area contributed by atoms with Crippen LogP contribution < -0.4 is 5.56 Å². The fourth-order valence-corrected chi connectivity index (χ4v) is 2.87. The fraction of sp³-hybridized carbons (Fsp3) is 0.562. The van der Waals surface area contributed by atoms with Crippen molar-refractivity contribution in [3.63, 3.8) is 0 Å². The second-order valence-corrected chi connectivity index (χ2v) is 6.04. The second-order valence-electron chi connectivity index (χ2n) is 6.04. The topological polar surface area (TPSA) is 106 Å². The maximum atomic E-state index is 12.4. The number of rotatable bonds is 7. The largest absolute Gasteiger partial charge is 0.375 e. The standard InChI is InChI=1S/C16H22N6O3/c23-15-8-13(18-11-19-15)3-4-14-9-21(6-7-25-14)16(24)2-1-5-22-12-17-10-20-22/h8,10-12,14H,1-7,9H2,(H,18,19,23). The van der Waals surface area contributed by atoms with Crippen molar-refractivity contribution in [2.45, 2.75) is 38.3 Å². The van der Waals surface area contributed by atoms with Gasteiger partial charge in [0.25, 0.3) is 5.56 Å². The second kappa shape index (κ2) is 8.52. The molecule has 0 spiro atoms. The molecule has 2 aromatic heterocycles. The smallest absolute Gasteiger partial charge is 0.250 e. The predicted molar refractivity (Wildman–Crippen MR) is 88.8 cm³/mol. The zero-order valence-electron chi connectivity index (χ0n) is 14.0. The number of carbonyl (C=O) groups excluding carboxylic acids is 1. The number of nitrogens with zero attached hydrogens (tertiary/aromatic N) is 5. The number of amides is 1. The minimum atomic E-state index is -0.154. The molecule has 3 heterocycles. The lowest BCUT2D eigenvalue weighted by Crippen LogP contribution is -2.45. The summed E-state index contributed by atoms with van der Waals surface area (Å²) in [7, 11) is 0. The summed E-state index contributed by atoms with van der Waals surface area (Å²) in [4.78, 5) is 36.0. The van der Waals surface area contributed by atoms with Crippen LogP contribution in [0.3, 0.4) is 0 Å². The van der Waals surface area contributed by atoms with Crippen LogP contribution in [0.15, 0.2) is 29.8 Å². The van der Waals surface area contributed by atoms with Gasteiger partial charge in [0.15, 0.2) is 0 Å². The van der Waals surface area contributed by atoms with Crippen molar-refractivity contribution in [2.75, 3.05) is 19.7 Å². The van der Waals surface area contributed by atoms with E-state index in [2.05, 4.69) is 20.1 Å². The quantitative estimate of drug-likeness (QED) is 0.756. The van der Waals surface area contributed by atoms with Gasteiger partial charge >= 0.3 is 0 Å². The molecule has 1 unspecified atom stereocenters. The van der Waals surface area contributed by atoms with E-state index in [-0.39, 0.29) is 17.6 Å². The summed E-state index contributed by atoms with van der Waals surface area (Å²) in [5.74, 6) is 0.141. The number of hydrogen-bond donors (Lipinski definition) is 1. The van der Waals surface area contributed by atoms with Crippen LogP contribution in [0, 0.1) is 0 Å². The molecule has 134 valence electrons. The van der Waals surface area contributed by atoms with Gasteiger partial charge in [0.05, 0.1) is 19.0 Å². The number of hydrogen-bond acceptors (Lipinski definition) is 6. The minimum absolute atomic E-state index is 0.0193. The van der Waals surface area contributed by atoms with Gasteiger partial charge in [0.1, 0.15) is 12.7 Å². The van der Waals surface area contributed by atoms with E-state index in [0.29, 0.717) is 39.1 Å². The lowest BCUT2D eigenvalue weighted by molar-refractivity contribution is -0.139. The Balaban J connectivity index is 1.42. The molecule has 25 heavy (non-hydrogen) atoms. The first-order valence-electron chi connectivity index (χ1n) is 8.46. The molecule has 1 atom stereocenters. The first kappa shape index (κ1) is 17.3. The number of nitrogens with one attached hydrogen (secondary N) is 1. The van der Waals surface area contributed by atoms with Crippen LogP contribution in [0.4, 0.5) is 0 Å². The van der Waals surface area contributed by atoms with Gasteiger partial charge in [-0.25, -0.2) is 9.97 Å². The number of aromatic amines is 1. The third kappa shape index (κ3) is 5.21. The third-order valence-electron chi connectivity index (χ3n) is 4.19. The van der Waals surface area contributed by atoms with Gasteiger partial charge in [-0.1, -0.05) is 0 Å². The maximum absolute atomic E-state index is 12.4. The molecule has 9 heteroatoms. The molecule has 2 aromatic rings. The molecular formula is C16H22N6O3. The van der Waals surface area contributed by atoms with Crippen molar-refractivity contribution >= 4 is 5.91 Å². The van der Waals surface area contributed by atoms with E-state index in [1.54, 1.807) is 11.0 Å². The summed E-state index contributed by atoms with van der Waals surface area (Å²) < 4.78 is 7.47. The number of carbonyl (C=O) groups is 1. The summed E-state index contributed by atoms with van der Waals surface area (Å²) in [6.45, 7) is 2.45. The van der Waals surface area contributed by atoms with E-state index in [1.165, 1.54) is 18.7 Å². The molecule has 0 radical (unpaired) electrons. The highest BCUT2D eigenvalue weighted by molar-refractivity contribution is 5.76. The predicted octanol–water partition coefficient (Wildman–Crippen LogP) is 0.00180. The van der Waals surface area contributed by atoms with Crippen LogP contribution in [0.2, 0.25) is 0 Å². The Morgan fingerprint density at radius 3 is 3.16 bits per heavy atom. The normalized spacial score (nSPS) is 17.6.